The Labute approximate surface area is 178 Å². The van der Waals surface area contributed by atoms with Crippen molar-refractivity contribution in [2.24, 2.45) is 0 Å². The average Bonchev–Trinajstić information content (AvgIpc) is 2.80. The van der Waals surface area contributed by atoms with Crippen molar-refractivity contribution in [2.45, 2.75) is 33.1 Å². The van der Waals surface area contributed by atoms with Crippen LogP contribution >= 0.6 is 0 Å². The van der Waals surface area contributed by atoms with E-state index in [1.807, 2.05) is 36.4 Å². The monoisotopic (exact) mass is 392 g/mol. The van der Waals surface area contributed by atoms with Gasteiger partial charge in [-0.2, -0.15) is 0 Å². The van der Waals surface area contributed by atoms with Crippen LogP contribution in [-0.2, 0) is 12.8 Å². The minimum Gasteiger partial charge on any atom is -0.205 e. The number of hydrogen-bond acceptors (Lipinski definition) is 0. The molecule has 0 unspecified atom stereocenters. The summed E-state index contributed by atoms with van der Waals surface area (Å²) in [5, 5.41) is 1.49. The summed E-state index contributed by atoms with van der Waals surface area (Å²) in [7, 11) is 0. The van der Waals surface area contributed by atoms with Crippen molar-refractivity contribution in [1.29, 1.82) is 0 Å². The molecule has 0 nitrogen and oxygen atoms in total. The molecule has 4 aromatic rings. The summed E-state index contributed by atoms with van der Waals surface area (Å²) in [6.07, 6.45) is 3.22. The molecule has 0 atom stereocenters. The first-order valence-electron chi connectivity index (χ1n) is 10.6. The highest BCUT2D eigenvalue weighted by Gasteiger charge is 2.07. The maximum atomic E-state index is 15.1. The predicted octanol–water partition coefficient (Wildman–Crippen LogP) is 7.56. The largest absolute Gasteiger partial charge is 0.205 e. The molecule has 0 bridgehead atoms. The van der Waals surface area contributed by atoms with Crippen molar-refractivity contribution in [3.8, 4) is 23.0 Å². The summed E-state index contributed by atoms with van der Waals surface area (Å²) in [4.78, 5) is 0. The van der Waals surface area contributed by atoms with Crippen molar-refractivity contribution >= 4 is 10.8 Å². The van der Waals surface area contributed by atoms with Crippen LogP contribution in [0.5, 0.6) is 0 Å². The van der Waals surface area contributed by atoms with E-state index in [1.165, 1.54) is 11.1 Å². The van der Waals surface area contributed by atoms with E-state index in [4.69, 9.17) is 0 Å². The highest BCUT2D eigenvalue weighted by atomic mass is 19.1. The van der Waals surface area contributed by atoms with Gasteiger partial charge in [0.1, 0.15) is 5.82 Å². The fraction of sp³-hybridized carbons (Fsp3) is 0.172. The zero-order valence-electron chi connectivity index (χ0n) is 17.5. The number of aryl methyl sites for hydroxylation is 2. The Morgan fingerprint density at radius 1 is 0.700 bits per heavy atom. The van der Waals surface area contributed by atoms with Crippen molar-refractivity contribution in [2.75, 3.05) is 0 Å². The Balaban J connectivity index is 1.63. The van der Waals surface area contributed by atoms with Crippen molar-refractivity contribution in [1.82, 2.24) is 0 Å². The molecule has 0 heterocycles. The maximum absolute atomic E-state index is 15.1. The van der Waals surface area contributed by atoms with Crippen LogP contribution in [0.2, 0.25) is 0 Å². The minimum absolute atomic E-state index is 0.254. The lowest BCUT2D eigenvalue weighted by atomic mass is 9.98. The summed E-state index contributed by atoms with van der Waals surface area (Å²) in [6, 6.07) is 26.4. The van der Waals surface area contributed by atoms with Crippen LogP contribution in [0.3, 0.4) is 0 Å². The second-order valence-electron chi connectivity index (χ2n) is 7.61. The van der Waals surface area contributed by atoms with Crippen LogP contribution in [0.15, 0.2) is 78.9 Å². The molecular weight excluding hydrogens is 367 g/mol. The fourth-order valence-electron chi connectivity index (χ4n) is 3.68. The molecule has 0 amide bonds. The Morgan fingerprint density at radius 2 is 1.40 bits per heavy atom. The molecule has 0 spiro atoms. The Hall–Kier alpha value is -3.37. The van der Waals surface area contributed by atoms with E-state index in [-0.39, 0.29) is 5.82 Å². The summed E-state index contributed by atoms with van der Waals surface area (Å²) < 4.78 is 15.1. The van der Waals surface area contributed by atoms with Crippen LogP contribution in [0.4, 0.5) is 4.39 Å². The zero-order valence-corrected chi connectivity index (χ0v) is 17.5. The molecule has 0 saturated heterocycles. The first-order chi connectivity index (χ1) is 14.7. The minimum atomic E-state index is -0.254. The molecule has 0 aliphatic rings. The Bertz CT molecular complexity index is 1220. The lowest BCUT2D eigenvalue weighted by Gasteiger charge is -2.07. The van der Waals surface area contributed by atoms with Gasteiger partial charge in [-0.3, -0.25) is 0 Å². The normalized spacial score (nSPS) is 10.6. The number of fused-ring (bicyclic) bond motifs is 1. The Morgan fingerprint density at radius 3 is 2.10 bits per heavy atom. The number of rotatable bonds is 4. The summed E-state index contributed by atoms with van der Waals surface area (Å²) in [5.41, 5.74) is 6.19. The summed E-state index contributed by atoms with van der Waals surface area (Å²) >= 11 is 0. The molecule has 4 aromatic carbocycles. The summed E-state index contributed by atoms with van der Waals surface area (Å²) in [6.45, 7) is 4.32. The van der Waals surface area contributed by atoms with Gasteiger partial charge in [0.2, 0.25) is 0 Å². The van der Waals surface area contributed by atoms with Crippen LogP contribution in [0.1, 0.15) is 42.5 Å². The molecular formula is C29H25F. The van der Waals surface area contributed by atoms with Crippen LogP contribution in [0, 0.1) is 17.7 Å². The smallest absolute Gasteiger partial charge is 0.146 e. The van der Waals surface area contributed by atoms with Gasteiger partial charge in [-0.05, 0) is 64.7 Å². The third kappa shape index (κ3) is 4.29. The maximum Gasteiger partial charge on any atom is 0.146 e. The molecule has 1 heteroatoms. The van der Waals surface area contributed by atoms with E-state index in [9.17, 15) is 0 Å². The van der Waals surface area contributed by atoms with E-state index in [0.717, 1.165) is 41.3 Å². The quantitative estimate of drug-likeness (QED) is 0.314. The number of halogens is 1. The molecule has 148 valence electrons. The average molecular weight is 393 g/mol. The third-order valence-corrected chi connectivity index (χ3v) is 5.48. The zero-order chi connectivity index (χ0) is 20.9. The van der Waals surface area contributed by atoms with Gasteiger partial charge in [0.05, 0.1) is 5.56 Å². The first kappa shape index (κ1) is 19.9. The van der Waals surface area contributed by atoms with E-state index in [1.54, 1.807) is 6.07 Å². The molecule has 0 N–H and O–H groups in total. The van der Waals surface area contributed by atoms with Gasteiger partial charge in [-0.25, -0.2) is 4.39 Å². The SMILES string of the molecule is CCCc1ccc(C#Cc2ccc3cc(-c4ccc(CC)cc4)ccc3c2F)cc1. The highest BCUT2D eigenvalue weighted by molar-refractivity contribution is 5.89. The van der Waals surface area contributed by atoms with E-state index >= 15 is 4.39 Å². The van der Waals surface area contributed by atoms with E-state index in [0.29, 0.717) is 10.9 Å². The number of benzene rings is 4. The molecule has 0 aliphatic heterocycles. The van der Waals surface area contributed by atoms with E-state index in [2.05, 4.69) is 62.1 Å². The van der Waals surface area contributed by atoms with Crippen molar-refractivity contribution < 1.29 is 4.39 Å². The van der Waals surface area contributed by atoms with Crippen LogP contribution in [0.25, 0.3) is 21.9 Å². The van der Waals surface area contributed by atoms with Gasteiger partial charge >= 0.3 is 0 Å². The van der Waals surface area contributed by atoms with Gasteiger partial charge in [0, 0.05) is 10.9 Å². The lowest BCUT2D eigenvalue weighted by molar-refractivity contribution is 0.636. The second kappa shape index (κ2) is 8.97. The molecule has 30 heavy (non-hydrogen) atoms. The van der Waals surface area contributed by atoms with Gasteiger partial charge in [-0.15, -0.1) is 0 Å². The second-order valence-corrected chi connectivity index (χ2v) is 7.61. The highest BCUT2D eigenvalue weighted by Crippen LogP contribution is 2.27. The molecule has 0 saturated carbocycles. The van der Waals surface area contributed by atoms with Gasteiger partial charge < -0.3 is 0 Å². The first-order valence-corrected chi connectivity index (χ1v) is 10.6. The van der Waals surface area contributed by atoms with Crippen molar-refractivity contribution in [3.63, 3.8) is 0 Å². The lowest BCUT2D eigenvalue weighted by Crippen LogP contribution is -1.88. The van der Waals surface area contributed by atoms with E-state index < -0.39 is 0 Å². The van der Waals surface area contributed by atoms with Gasteiger partial charge in [-0.1, -0.05) is 86.7 Å². The van der Waals surface area contributed by atoms with Crippen molar-refractivity contribution in [3.05, 3.63) is 107 Å². The van der Waals surface area contributed by atoms with Crippen LogP contribution in [-0.4, -0.2) is 0 Å². The predicted molar refractivity (Wildman–Crippen MR) is 125 cm³/mol. The van der Waals surface area contributed by atoms with Crippen LogP contribution < -0.4 is 0 Å². The fourth-order valence-corrected chi connectivity index (χ4v) is 3.68. The topological polar surface area (TPSA) is 0 Å². The summed E-state index contributed by atoms with van der Waals surface area (Å²) in [5.74, 6) is 5.85. The van der Waals surface area contributed by atoms with Gasteiger partial charge in [0.15, 0.2) is 0 Å². The third-order valence-electron chi connectivity index (χ3n) is 5.48. The molecule has 0 radical (unpaired) electrons. The molecule has 0 fully saturated rings. The standard InChI is InChI=1S/C29H25F/c1-3-5-22-6-8-23(9-7-22)12-15-25-16-17-27-20-26(18-19-28(27)29(25)30)24-13-10-21(4-2)11-14-24/h6-11,13-14,16-20H,3-5H2,1-2H3. The molecule has 0 aromatic heterocycles. The van der Waals surface area contributed by atoms with Gasteiger partial charge in [0.25, 0.3) is 0 Å². The molecule has 4 rings (SSSR count). The molecule has 0 aliphatic carbocycles. The Kier molecular flexibility index (Phi) is 5.96. The number of hydrogen-bond donors (Lipinski definition) is 0.